The quantitative estimate of drug-likeness (QED) is 0.858. The van der Waals surface area contributed by atoms with Gasteiger partial charge in [0.15, 0.2) is 0 Å². The highest BCUT2D eigenvalue weighted by Crippen LogP contribution is 2.21. The van der Waals surface area contributed by atoms with Crippen LogP contribution in [0.5, 0.6) is 0 Å². The lowest BCUT2D eigenvalue weighted by molar-refractivity contribution is 0.102. The number of carbonyl (C=O) groups is 1. The molecule has 1 heterocycles. The van der Waals surface area contributed by atoms with Crippen LogP contribution in [-0.4, -0.2) is 40.6 Å². The van der Waals surface area contributed by atoms with E-state index in [4.69, 9.17) is 9.88 Å². The highest BCUT2D eigenvalue weighted by Gasteiger charge is 2.13. The Hall–Kier alpha value is -2.42. The summed E-state index contributed by atoms with van der Waals surface area (Å²) in [7, 11) is -3.77. The van der Waals surface area contributed by atoms with Crippen molar-refractivity contribution in [2.75, 3.05) is 36.5 Å². The highest BCUT2D eigenvalue weighted by molar-refractivity contribution is 7.89. The number of carbonyl (C=O) groups excluding carboxylic acids is 1. The van der Waals surface area contributed by atoms with E-state index in [9.17, 15) is 13.2 Å². The van der Waals surface area contributed by atoms with E-state index in [0.29, 0.717) is 24.5 Å². The number of sulfonamides is 1. The van der Waals surface area contributed by atoms with Crippen molar-refractivity contribution in [2.24, 2.45) is 5.14 Å². The van der Waals surface area contributed by atoms with Crippen LogP contribution in [0.4, 0.5) is 11.4 Å². The van der Waals surface area contributed by atoms with Crippen LogP contribution in [0.3, 0.4) is 0 Å². The monoisotopic (exact) mass is 361 g/mol. The largest absolute Gasteiger partial charge is 0.378 e. The SMILES string of the molecule is NS(=O)(=O)c1ccc(C(=O)Nc2cccc(N3CCOCC3)c2)cc1. The fourth-order valence-corrected chi connectivity index (χ4v) is 3.12. The molecular formula is C17H19N3O4S. The third kappa shape index (κ3) is 4.36. The molecule has 2 aromatic rings. The van der Waals surface area contributed by atoms with Gasteiger partial charge in [-0.3, -0.25) is 4.79 Å². The molecule has 0 atom stereocenters. The highest BCUT2D eigenvalue weighted by atomic mass is 32.2. The molecule has 0 unspecified atom stereocenters. The smallest absolute Gasteiger partial charge is 0.255 e. The number of nitrogens with zero attached hydrogens (tertiary/aromatic N) is 1. The van der Waals surface area contributed by atoms with Crippen molar-refractivity contribution in [3.63, 3.8) is 0 Å². The van der Waals surface area contributed by atoms with Gasteiger partial charge in [0.05, 0.1) is 18.1 Å². The minimum Gasteiger partial charge on any atom is -0.378 e. The first-order chi connectivity index (χ1) is 11.9. The molecule has 1 aliphatic rings. The summed E-state index contributed by atoms with van der Waals surface area (Å²) in [6, 6.07) is 13.1. The zero-order valence-corrected chi connectivity index (χ0v) is 14.3. The van der Waals surface area contributed by atoms with Gasteiger partial charge >= 0.3 is 0 Å². The summed E-state index contributed by atoms with van der Waals surface area (Å²) in [4.78, 5) is 14.5. The number of benzene rings is 2. The van der Waals surface area contributed by atoms with Crippen molar-refractivity contribution in [3.05, 3.63) is 54.1 Å². The molecule has 0 radical (unpaired) electrons. The molecule has 1 fully saturated rings. The maximum atomic E-state index is 12.3. The van der Waals surface area contributed by atoms with Gasteiger partial charge in [-0.2, -0.15) is 0 Å². The van der Waals surface area contributed by atoms with E-state index < -0.39 is 10.0 Å². The summed E-state index contributed by atoms with van der Waals surface area (Å²) in [5.74, 6) is -0.319. The number of anilines is 2. The van der Waals surface area contributed by atoms with E-state index in [-0.39, 0.29) is 10.8 Å². The van der Waals surface area contributed by atoms with Crippen molar-refractivity contribution in [1.82, 2.24) is 0 Å². The fourth-order valence-electron chi connectivity index (χ4n) is 2.60. The molecule has 7 nitrogen and oxygen atoms in total. The van der Waals surface area contributed by atoms with Gasteiger partial charge in [0.2, 0.25) is 10.0 Å². The van der Waals surface area contributed by atoms with Crippen LogP contribution in [0.2, 0.25) is 0 Å². The molecule has 0 aliphatic carbocycles. The number of morpholine rings is 1. The van der Waals surface area contributed by atoms with E-state index in [2.05, 4.69) is 10.2 Å². The summed E-state index contributed by atoms with van der Waals surface area (Å²) in [6.07, 6.45) is 0. The fraction of sp³-hybridized carbons (Fsp3) is 0.235. The Kier molecular flexibility index (Phi) is 5.03. The van der Waals surface area contributed by atoms with Crippen LogP contribution in [0.1, 0.15) is 10.4 Å². The van der Waals surface area contributed by atoms with Gasteiger partial charge in [0.25, 0.3) is 5.91 Å². The zero-order valence-electron chi connectivity index (χ0n) is 13.5. The Morgan fingerprint density at radius 3 is 2.40 bits per heavy atom. The van der Waals surface area contributed by atoms with Crippen LogP contribution < -0.4 is 15.4 Å². The van der Waals surface area contributed by atoms with E-state index in [1.807, 2.05) is 18.2 Å². The number of nitrogens with one attached hydrogen (secondary N) is 1. The topological polar surface area (TPSA) is 102 Å². The third-order valence-electron chi connectivity index (χ3n) is 3.93. The molecule has 132 valence electrons. The van der Waals surface area contributed by atoms with E-state index in [1.165, 1.54) is 24.3 Å². The molecule has 0 aromatic heterocycles. The van der Waals surface area contributed by atoms with Crippen molar-refractivity contribution in [3.8, 4) is 0 Å². The molecule has 1 aliphatic heterocycles. The number of rotatable bonds is 4. The number of nitrogens with two attached hydrogens (primary N) is 1. The van der Waals surface area contributed by atoms with Gasteiger partial charge in [-0.1, -0.05) is 6.07 Å². The zero-order chi connectivity index (χ0) is 17.9. The maximum Gasteiger partial charge on any atom is 0.255 e. The van der Waals surface area contributed by atoms with Gasteiger partial charge in [0, 0.05) is 30.0 Å². The lowest BCUT2D eigenvalue weighted by Crippen LogP contribution is -2.36. The Morgan fingerprint density at radius 1 is 1.08 bits per heavy atom. The second kappa shape index (κ2) is 7.22. The first kappa shape index (κ1) is 17.4. The molecule has 8 heteroatoms. The predicted octanol–water partition coefficient (Wildman–Crippen LogP) is 1.42. The van der Waals surface area contributed by atoms with Crippen molar-refractivity contribution in [1.29, 1.82) is 0 Å². The van der Waals surface area contributed by atoms with Crippen LogP contribution in [0, 0.1) is 0 Å². The lowest BCUT2D eigenvalue weighted by Gasteiger charge is -2.29. The Bertz CT molecular complexity index is 860. The first-order valence-corrected chi connectivity index (χ1v) is 9.35. The minimum atomic E-state index is -3.77. The molecule has 1 amide bonds. The standard InChI is InChI=1S/C17H19N3O4S/c18-25(22,23)16-6-4-13(5-7-16)17(21)19-14-2-1-3-15(12-14)20-8-10-24-11-9-20/h1-7,12H,8-11H2,(H,19,21)(H2,18,22,23). The summed E-state index contributed by atoms with van der Waals surface area (Å²) in [6.45, 7) is 3.00. The summed E-state index contributed by atoms with van der Waals surface area (Å²) in [5.41, 5.74) is 2.04. The van der Waals surface area contributed by atoms with Gasteiger partial charge in [-0.05, 0) is 42.5 Å². The lowest BCUT2D eigenvalue weighted by atomic mass is 10.2. The van der Waals surface area contributed by atoms with Crippen LogP contribution in [-0.2, 0) is 14.8 Å². The average molecular weight is 361 g/mol. The van der Waals surface area contributed by atoms with Gasteiger partial charge < -0.3 is 15.0 Å². The number of amides is 1. The van der Waals surface area contributed by atoms with Gasteiger partial charge in [-0.25, -0.2) is 13.6 Å². The van der Waals surface area contributed by atoms with E-state index in [1.54, 1.807) is 6.07 Å². The molecule has 0 saturated carbocycles. The molecular weight excluding hydrogens is 342 g/mol. The van der Waals surface area contributed by atoms with Crippen LogP contribution in [0.25, 0.3) is 0 Å². The Morgan fingerprint density at radius 2 is 1.76 bits per heavy atom. The molecule has 0 spiro atoms. The molecule has 25 heavy (non-hydrogen) atoms. The third-order valence-corrected chi connectivity index (χ3v) is 4.85. The van der Waals surface area contributed by atoms with Crippen LogP contribution >= 0.6 is 0 Å². The number of hydrogen-bond donors (Lipinski definition) is 2. The number of primary sulfonamides is 1. The summed E-state index contributed by atoms with van der Waals surface area (Å²) in [5, 5.41) is 7.87. The summed E-state index contributed by atoms with van der Waals surface area (Å²) >= 11 is 0. The van der Waals surface area contributed by atoms with Gasteiger partial charge in [0.1, 0.15) is 0 Å². The van der Waals surface area contributed by atoms with Gasteiger partial charge in [-0.15, -0.1) is 0 Å². The second-order valence-electron chi connectivity index (χ2n) is 5.67. The number of hydrogen-bond acceptors (Lipinski definition) is 5. The summed E-state index contributed by atoms with van der Waals surface area (Å²) < 4.78 is 27.9. The Balaban J connectivity index is 1.72. The Labute approximate surface area is 146 Å². The van der Waals surface area contributed by atoms with Crippen molar-refractivity contribution < 1.29 is 17.9 Å². The average Bonchev–Trinajstić information content (AvgIpc) is 2.62. The normalized spacial score (nSPS) is 15.0. The van der Waals surface area contributed by atoms with Crippen molar-refractivity contribution in [2.45, 2.75) is 4.90 Å². The van der Waals surface area contributed by atoms with Crippen LogP contribution in [0.15, 0.2) is 53.4 Å². The second-order valence-corrected chi connectivity index (χ2v) is 7.23. The minimum absolute atomic E-state index is 0.0293. The molecule has 1 saturated heterocycles. The van der Waals surface area contributed by atoms with Crippen molar-refractivity contribution >= 4 is 27.3 Å². The maximum absolute atomic E-state index is 12.3. The number of ether oxygens (including phenoxy) is 1. The molecule has 3 rings (SSSR count). The molecule has 0 bridgehead atoms. The predicted molar refractivity (Wildman–Crippen MR) is 95.2 cm³/mol. The van der Waals surface area contributed by atoms with E-state index in [0.717, 1.165) is 18.8 Å². The first-order valence-electron chi connectivity index (χ1n) is 7.80. The van der Waals surface area contributed by atoms with E-state index >= 15 is 0 Å². The molecule has 3 N–H and O–H groups in total. The molecule has 2 aromatic carbocycles.